The van der Waals surface area contributed by atoms with Gasteiger partial charge >= 0.3 is 0 Å². The van der Waals surface area contributed by atoms with Crippen LogP contribution in [-0.4, -0.2) is 38.3 Å². The van der Waals surface area contributed by atoms with E-state index in [1.165, 1.54) is 30.5 Å². The van der Waals surface area contributed by atoms with Gasteiger partial charge in [0.25, 0.3) is 0 Å². The normalized spacial score (nSPS) is 30.3. The summed E-state index contributed by atoms with van der Waals surface area (Å²) in [6.45, 7) is 15.2. The molecule has 3 unspecified atom stereocenters. The molecule has 3 atom stereocenters. The van der Waals surface area contributed by atoms with Crippen molar-refractivity contribution in [2.75, 3.05) is 27.3 Å². The summed E-state index contributed by atoms with van der Waals surface area (Å²) in [5, 5.41) is 0. The summed E-state index contributed by atoms with van der Waals surface area (Å²) >= 11 is 0. The first kappa shape index (κ1) is 16.2. The largest absolute Gasteiger partial charge is 0.388 e. The lowest BCUT2D eigenvalue weighted by atomic mass is 9.75. The Morgan fingerprint density at radius 3 is 2.63 bits per heavy atom. The van der Waals surface area contributed by atoms with Crippen molar-refractivity contribution in [1.82, 2.24) is 4.90 Å². The maximum Gasteiger partial charge on any atom is 0.0351 e. The molecule has 2 heteroatoms. The van der Waals surface area contributed by atoms with Crippen molar-refractivity contribution in [3.05, 3.63) is 36.5 Å². The van der Waals surface area contributed by atoms with E-state index < -0.39 is 0 Å². The highest BCUT2D eigenvalue weighted by Gasteiger charge is 2.36. The molecular formula is C17H29NO. The summed E-state index contributed by atoms with van der Waals surface area (Å²) in [4.78, 5) is 2.58. The van der Waals surface area contributed by atoms with Gasteiger partial charge in [-0.15, -0.1) is 0 Å². The molecular weight excluding hydrogens is 234 g/mol. The van der Waals surface area contributed by atoms with Crippen LogP contribution in [0.2, 0.25) is 0 Å². The summed E-state index contributed by atoms with van der Waals surface area (Å²) in [6.07, 6.45) is 6.92. The van der Waals surface area contributed by atoms with Crippen molar-refractivity contribution in [2.24, 2.45) is 11.8 Å². The smallest absolute Gasteiger partial charge is 0.0351 e. The van der Waals surface area contributed by atoms with Crippen LogP contribution in [0, 0.1) is 11.8 Å². The molecule has 0 aromatic heterocycles. The Bertz CT molecular complexity index is 345. The summed E-state index contributed by atoms with van der Waals surface area (Å²) in [5.41, 5.74) is 2.64. The van der Waals surface area contributed by atoms with Crippen molar-refractivity contribution in [3.63, 3.8) is 0 Å². The zero-order valence-electron chi connectivity index (χ0n) is 13.0. The van der Waals surface area contributed by atoms with Crippen molar-refractivity contribution >= 4 is 0 Å². The van der Waals surface area contributed by atoms with Gasteiger partial charge in [0.05, 0.1) is 0 Å². The second-order valence-electron chi connectivity index (χ2n) is 5.71. The average Bonchev–Trinajstić information content (AvgIpc) is 2.38. The fourth-order valence-corrected chi connectivity index (χ4v) is 3.19. The van der Waals surface area contributed by atoms with Gasteiger partial charge < -0.3 is 4.74 Å². The van der Waals surface area contributed by atoms with Gasteiger partial charge in [-0.2, -0.15) is 0 Å². The quantitative estimate of drug-likeness (QED) is 0.705. The number of nitrogens with zero attached hydrogens (tertiary/aromatic N) is 1. The van der Waals surface area contributed by atoms with E-state index in [0.29, 0.717) is 12.0 Å². The first-order chi connectivity index (χ1) is 9.04. The molecule has 2 aliphatic rings. The number of piperidine rings is 1. The highest BCUT2D eigenvalue weighted by Crippen LogP contribution is 2.37. The van der Waals surface area contributed by atoms with Crippen molar-refractivity contribution in [1.29, 1.82) is 0 Å². The van der Waals surface area contributed by atoms with E-state index in [2.05, 4.69) is 48.8 Å². The molecule has 1 saturated heterocycles. The minimum Gasteiger partial charge on any atom is -0.388 e. The maximum absolute atomic E-state index is 4.25. The van der Waals surface area contributed by atoms with Gasteiger partial charge in [-0.3, -0.25) is 4.90 Å². The third-order valence-corrected chi connectivity index (χ3v) is 4.21. The van der Waals surface area contributed by atoms with E-state index in [1.807, 2.05) is 0 Å². The number of hydrogen-bond donors (Lipinski definition) is 0. The lowest BCUT2D eigenvalue weighted by molar-refractivity contribution is 0.101. The minimum absolute atomic E-state index is 0.564. The number of methoxy groups -OCH3 is 1. The van der Waals surface area contributed by atoms with E-state index in [4.69, 9.17) is 0 Å². The molecule has 0 spiro atoms. The summed E-state index contributed by atoms with van der Waals surface area (Å²) in [5.74, 6) is 1.47. The highest BCUT2D eigenvalue weighted by molar-refractivity contribution is 5.27. The van der Waals surface area contributed by atoms with Crippen molar-refractivity contribution in [3.8, 4) is 0 Å². The Labute approximate surface area is 118 Å². The topological polar surface area (TPSA) is 12.5 Å². The molecule has 2 aliphatic heterocycles. The lowest BCUT2D eigenvalue weighted by Crippen LogP contribution is -2.49. The molecule has 1 fully saturated rings. The fourth-order valence-electron chi connectivity index (χ4n) is 3.19. The van der Waals surface area contributed by atoms with Crippen molar-refractivity contribution in [2.45, 2.75) is 32.7 Å². The Morgan fingerprint density at radius 2 is 2.11 bits per heavy atom. The third-order valence-electron chi connectivity index (χ3n) is 4.21. The van der Waals surface area contributed by atoms with E-state index >= 15 is 0 Å². The lowest BCUT2D eigenvalue weighted by Gasteiger charge is -2.46. The van der Waals surface area contributed by atoms with Crippen LogP contribution in [0.4, 0.5) is 0 Å². The van der Waals surface area contributed by atoms with Crippen LogP contribution >= 0.6 is 0 Å². The summed E-state index contributed by atoms with van der Waals surface area (Å²) in [7, 11) is 3.25. The van der Waals surface area contributed by atoms with Crippen molar-refractivity contribution < 1.29 is 4.74 Å². The standard InChI is InChI=1S/C15H23N.C2H6O/c1-5-13-10-16-8-6-7-12(4)15(16)9-14(13)11(2)3;1-3-2/h6-7,13-15H,2,4-5,8-10H2,1,3H3;1-2H3. The molecule has 2 nitrogen and oxygen atoms in total. The van der Waals surface area contributed by atoms with Gasteiger partial charge in [0.2, 0.25) is 0 Å². The molecule has 0 aromatic carbocycles. The average molecular weight is 263 g/mol. The van der Waals surface area contributed by atoms with E-state index in [9.17, 15) is 0 Å². The Morgan fingerprint density at radius 1 is 1.47 bits per heavy atom. The molecule has 2 rings (SSSR count). The van der Waals surface area contributed by atoms with E-state index in [0.717, 1.165) is 12.5 Å². The maximum atomic E-state index is 4.25. The molecule has 0 N–H and O–H groups in total. The van der Waals surface area contributed by atoms with Gasteiger partial charge in [0.1, 0.15) is 0 Å². The molecule has 2 heterocycles. The number of ether oxygens (including phenoxy) is 1. The Kier molecular flexibility index (Phi) is 6.53. The first-order valence-electron chi connectivity index (χ1n) is 7.20. The summed E-state index contributed by atoms with van der Waals surface area (Å²) in [6, 6.07) is 0.564. The molecule has 108 valence electrons. The van der Waals surface area contributed by atoms with Gasteiger partial charge in [-0.1, -0.05) is 44.2 Å². The predicted octanol–water partition coefficient (Wildman–Crippen LogP) is 3.67. The second kappa shape index (κ2) is 7.66. The van der Waals surface area contributed by atoms with Crippen LogP contribution in [0.5, 0.6) is 0 Å². The summed E-state index contributed by atoms with van der Waals surface area (Å²) < 4.78 is 4.25. The minimum atomic E-state index is 0.564. The van der Waals surface area contributed by atoms with Crippen LogP contribution in [0.1, 0.15) is 26.7 Å². The SMILES string of the molecule is C=C(C)C1CC2C(=C)C=CCN2CC1CC.COC. The molecule has 0 radical (unpaired) electrons. The molecule has 0 amide bonds. The Hall–Kier alpha value is -0.860. The molecule has 0 aliphatic carbocycles. The predicted molar refractivity (Wildman–Crippen MR) is 83.3 cm³/mol. The molecule has 0 saturated carbocycles. The van der Waals surface area contributed by atoms with E-state index in [1.54, 1.807) is 14.2 Å². The number of rotatable bonds is 2. The third kappa shape index (κ3) is 4.05. The van der Waals surface area contributed by atoms with Crippen LogP contribution in [0.15, 0.2) is 36.5 Å². The van der Waals surface area contributed by atoms with E-state index in [-0.39, 0.29) is 0 Å². The van der Waals surface area contributed by atoms with Crippen LogP contribution < -0.4 is 0 Å². The number of hydrogen-bond acceptors (Lipinski definition) is 2. The number of allylic oxidation sites excluding steroid dienone is 1. The van der Waals surface area contributed by atoms with Crippen LogP contribution in [0.3, 0.4) is 0 Å². The first-order valence-corrected chi connectivity index (χ1v) is 7.20. The molecule has 0 bridgehead atoms. The van der Waals surface area contributed by atoms with Crippen LogP contribution in [0.25, 0.3) is 0 Å². The van der Waals surface area contributed by atoms with Gasteiger partial charge in [-0.25, -0.2) is 0 Å². The Balaban J connectivity index is 0.000000550. The second-order valence-corrected chi connectivity index (χ2v) is 5.71. The monoisotopic (exact) mass is 263 g/mol. The van der Waals surface area contributed by atoms with Gasteiger partial charge in [0.15, 0.2) is 0 Å². The van der Waals surface area contributed by atoms with Crippen LogP contribution in [-0.2, 0) is 4.74 Å². The zero-order chi connectivity index (χ0) is 14.4. The fraction of sp³-hybridized carbons (Fsp3) is 0.647. The molecule has 19 heavy (non-hydrogen) atoms. The highest BCUT2D eigenvalue weighted by atomic mass is 16.4. The molecule has 0 aromatic rings. The van der Waals surface area contributed by atoms with Gasteiger partial charge in [0, 0.05) is 33.4 Å². The van der Waals surface area contributed by atoms with Gasteiger partial charge in [-0.05, 0) is 30.8 Å². The number of fused-ring (bicyclic) bond motifs is 1. The zero-order valence-corrected chi connectivity index (χ0v) is 13.0.